The van der Waals surface area contributed by atoms with Crippen LogP contribution >= 0.6 is 22.9 Å². The summed E-state index contributed by atoms with van der Waals surface area (Å²) in [7, 11) is 0. The highest BCUT2D eigenvalue weighted by atomic mass is 35.5. The lowest BCUT2D eigenvalue weighted by molar-refractivity contribution is -0.153. The lowest BCUT2D eigenvalue weighted by Crippen LogP contribution is -2.30. The zero-order valence-electron chi connectivity index (χ0n) is 12.8. The van der Waals surface area contributed by atoms with Crippen LogP contribution < -0.4 is 5.32 Å². The van der Waals surface area contributed by atoms with Crippen LogP contribution in [0.5, 0.6) is 0 Å². The molecule has 2 rings (SSSR count). The van der Waals surface area contributed by atoms with Gasteiger partial charge in [0.15, 0.2) is 6.10 Å². The summed E-state index contributed by atoms with van der Waals surface area (Å²) in [6.07, 6.45) is 0.979. The molecule has 2 aromatic rings. The average Bonchev–Trinajstić information content (AvgIpc) is 3.02. The first-order valence-electron chi connectivity index (χ1n) is 7.33. The maximum atomic E-state index is 12.0. The highest BCUT2D eigenvalue weighted by molar-refractivity contribution is 7.09. The fraction of sp³-hybridized carbons (Fsp3) is 0.294. The van der Waals surface area contributed by atoms with Crippen LogP contribution in [0.4, 0.5) is 5.69 Å². The van der Waals surface area contributed by atoms with Crippen molar-refractivity contribution in [3.63, 3.8) is 0 Å². The molecule has 1 aromatic heterocycles. The van der Waals surface area contributed by atoms with Gasteiger partial charge in [-0.25, -0.2) is 0 Å². The molecule has 1 amide bonds. The summed E-state index contributed by atoms with van der Waals surface area (Å²) in [6.45, 7) is 1.54. The number of amides is 1. The van der Waals surface area contributed by atoms with Crippen molar-refractivity contribution in [2.45, 2.75) is 32.3 Å². The van der Waals surface area contributed by atoms with E-state index in [0.29, 0.717) is 23.6 Å². The van der Waals surface area contributed by atoms with E-state index in [-0.39, 0.29) is 5.97 Å². The first-order valence-corrected chi connectivity index (χ1v) is 8.59. The second-order valence-electron chi connectivity index (χ2n) is 5.03. The minimum absolute atomic E-state index is 0.293. The number of ether oxygens (including phenoxy) is 1. The molecule has 0 bridgehead atoms. The topological polar surface area (TPSA) is 55.4 Å². The molecule has 1 aromatic carbocycles. The van der Waals surface area contributed by atoms with Gasteiger partial charge in [0.2, 0.25) is 0 Å². The van der Waals surface area contributed by atoms with E-state index in [1.807, 2.05) is 17.5 Å². The predicted molar refractivity (Wildman–Crippen MR) is 92.9 cm³/mol. The van der Waals surface area contributed by atoms with Crippen LogP contribution in [0.15, 0.2) is 41.8 Å². The van der Waals surface area contributed by atoms with Crippen LogP contribution in [0.3, 0.4) is 0 Å². The van der Waals surface area contributed by atoms with Crippen molar-refractivity contribution in [2.24, 2.45) is 0 Å². The third kappa shape index (κ3) is 5.69. The van der Waals surface area contributed by atoms with Gasteiger partial charge in [-0.1, -0.05) is 29.8 Å². The Balaban J connectivity index is 1.74. The number of para-hydroxylation sites is 1. The third-order valence-electron chi connectivity index (χ3n) is 3.19. The fourth-order valence-electron chi connectivity index (χ4n) is 1.97. The number of hydrogen-bond donors (Lipinski definition) is 1. The lowest BCUT2D eigenvalue weighted by atomic mass is 10.2. The molecule has 1 atom stereocenters. The zero-order chi connectivity index (χ0) is 16.7. The minimum Gasteiger partial charge on any atom is -0.453 e. The molecule has 23 heavy (non-hydrogen) atoms. The summed E-state index contributed by atoms with van der Waals surface area (Å²) >= 11 is 7.64. The molecule has 0 saturated carbocycles. The molecule has 0 fully saturated rings. The molecule has 0 aliphatic heterocycles. The fourth-order valence-corrected chi connectivity index (χ4v) is 2.90. The Kier molecular flexibility index (Phi) is 6.62. The maximum Gasteiger partial charge on any atom is 0.306 e. The van der Waals surface area contributed by atoms with Crippen LogP contribution in [0.25, 0.3) is 0 Å². The molecule has 0 spiro atoms. The van der Waals surface area contributed by atoms with Crippen LogP contribution in [0, 0.1) is 0 Å². The largest absolute Gasteiger partial charge is 0.453 e. The summed E-state index contributed by atoms with van der Waals surface area (Å²) in [5, 5.41) is 5.10. The molecule has 1 heterocycles. The second-order valence-corrected chi connectivity index (χ2v) is 6.47. The van der Waals surface area contributed by atoms with E-state index in [4.69, 9.17) is 16.3 Å². The van der Waals surface area contributed by atoms with Crippen LogP contribution in [-0.2, 0) is 20.7 Å². The van der Waals surface area contributed by atoms with Gasteiger partial charge in [0.1, 0.15) is 0 Å². The van der Waals surface area contributed by atoms with E-state index < -0.39 is 12.0 Å². The Bertz CT molecular complexity index is 658. The number of esters is 1. The van der Waals surface area contributed by atoms with Crippen molar-refractivity contribution in [3.05, 3.63) is 51.7 Å². The number of hydrogen-bond acceptors (Lipinski definition) is 4. The molecule has 0 radical (unpaired) electrons. The Labute approximate surface area is 144 Å². The molecular weight excluding hydrogens is 334 g/mol. The highest BCUT2D eigenvalue weighted by Crippen LogP contribution is 2.20. The van der Waals surface area contributed by atoms with E-state index in [0.717, 1.165) is 6.42 Å². The first-order chi connectivity index (χ1) is 11.1. The van der Waals surface area contributed by atoms with Crippen molar-refractivity contribution in [1.82, 2.24) is 0 Å². The maximum absolute atomic E-state index is 12.0. The smallest absolute Gasteiger partial charge is 0.306 e. The molecular formula is C17H18ClNO3S. The summed E-state index contributed by atoms with van der Waals surface area (Å²) < 4.78 is 5.15. The average molecular weight is 352 g/mol. The number of nitrogens with one attached hydrogen (secondary N) is 1. The third-order valence-corrected chi connectivity index (χ3v) is 4.46. The normalized spacial score (nSPS) is 11.7. The standard InChI is InChI=1S/C17H18ClNO3S/c1-12(17(21)19-15-9-3-2-8-14(15)18)22-16(20)10-4-6-13-7-5-11-23-13/h2-3,5,7-9,11-12H,4,6,10H2,1H3,(H,19,21)/t12-/m0/s1. The Morgan fingerprint density at radius 2 is 2.04 bits per heavy atom. The van der Waals surface area contributed by atoms with Gasteiger partial charge in [0.25, 0.3) is 5.91 Å². The molecule has 122 valence electrons. The van der Waals surface area contributed by atoms with Gasteiger partial charge in [0, 0.05) is 11.3 Å². The van der Waals surface area contributed by atoms with Crippen molar-refractivity contribution < 1.29 is 14.3 Å². The Morgan fingerprint density at radius 1 is 1.26 bits per heavy atom. The monoisotopic (exact) mass is 351 g/mol. The number of rotatable bonds is 7. The molecule has 6 heteroatoms. The molecule has 1 N–H and O–H groups in total. The van der Waals surface area contributed by atoms with Crippen molar-refractivity contribution >= 4 is 40.5 Å². The first kappa shape index (κ1) is 17.5. The molecule has 0 saturated heterocycles. The van der Waals surface area contributed by atoms with Crippen molar-refractivity contribution in [2.75, 3.05) is 5.32 Å². The van der Waals surface area contributed by atoms with Crippen LogP contribution in [0.1, 0.15) is 24.6 Å². The molecule has 0 unspecified atom stereocenters. The second kappa shape index (κ2) is 8.70. The van der Waals surface area contributed by atoms with Gasteiger partial charge in [-0.15, -0.1) is 11.3 Å². The molecule has 0 aliphatic rings. The predicted octanol–water partition coefficient (Wildman–Crippen LogP) is 4.29. The number of thiophene rings is 1. The number of carbonyl (C=O) groups excluding carboxylic acids is 2. The van der Waals surface area contributed by atoms with Crippen molar-refractivity contribution in [3.8, 4) is 0 Å². The molecule has 0 aliphatic carbocycles. The van der Waals surface area contributed by atoms with E-state index in [2.05, 4.69) is 5.32 Å². The number of halogens is 1. The van der Waals surface area contributed by atoms with Crippen LogP contribution in [0.2, 0.25) is 5.02 Å². The van der Waals surface area contributed by atoms with E-state index in [1.54, 1.807) is 42.5 Å². The van der Waals surface area contributed by atoms with Gasteiger partial charge < -0.3 is 10.1 Å². The van der Waals surface area contributed by atoms with Gasteiger partial charge in [-0.3, -0.25) is 9.59 Å². The van der Waals surface area contributed by atoms with Gasteiger partial charge in [-0.2, -0.15) is 0 Å². The quantitative estimate of drug-likeness (QED) is 0.757. The number of aryl methyl sites for hydroxylation is 1. The van der Waals surface area contributed by atoms with Crippen LogP contribution in [-0.4, -0.2) is 18.0 Å². The Morgan fingerprint density at radius 3 is 2.74 bits per heavy atom. The minimum atomic E-state index is -0.861. The summed E-state index contributed by atoms with van der Waals surface area (Å²) in [6, 6.07) is 10.9. The summed E-state index contributed by atoms with van der Waals surface area (Å²) in [4.78, 5) is 25.0. The lowest BCUT2D eigenvalue weighted by Gasteiger charge is -2.14. The molecule has 4 nitrogen and oxygen atoms in total. The van der Waals surface area contributed by atoms with Gasteiger partial charge in [0.05, 0.1) is 10.7 Å². The summed E-state index contributed by atoms with van der Waals surface area (Å²) in [5.41, 5.74) is 0.500. The zero-order valence-corrected chi connectivity index (χ0v) is 14.3. The highest BCUT2D eigenvalue weighted by Gasteiger charge is 2.18. The number of benzene rings is 1. The Hall–Kier alpha value is -1.85. The van der Waals surface area contributed by atoms with E-state index in [9.17, 15) is 9.59 Å². The number of anilines is 1. The van der Waals surface area contributed by atoms with E-state index >= 15 is 0 Å². The number of carbonyl (C=O) groups is 2. The van der Waals surface area contributed by atoms with Gasteiger partial charge in [-0.05, 0) is 43.3 Å². The van der Waals surface area contributed by atoms with Crippen molar-refractivity contribution in [1.29, 1.82) is 0 Å². The summed E-state index contributed by atoms with van der Waals surface area (Å²) in [5.74, 6) is -0.770. The van der Waals surface area contributed by atoms with E-state index in [1.165, 1.54) is 4.88 Å². The van der Waals surface area contributed by atoms with Gasteiger partial charge >= 0.3 is 5.97 Å². The SMILES string of the molecule is C[C@H](OC(=O)CCCc1cccs1)C(=O)Nc1ccccc1Cl.